The van der Waals surface area contributed by atoms with Gasteiger partial charge in [-0.05, 0) is 49.2 Å². The lowest BCUT2D eigenvalue weighted by Gasteiger charge is -2.09. The molecule has 1 heterocycles. The van der Waals surface area contributed by atoms with Gasteiger partial charge in [0.05, 0.1) is 5.69 Å². The van der Waals surface area contributed by atoms with Crippen LogP contribution in [0.3, 0.4) is 0 Å². The molecule has 0 aliphatic rings. The number of carbonyl (C=O) groups is 2. The van der Waals surface area contributed by atoms with Gasteiger partial charge in [0.1, 0.15) is 10.6 Å². The standard InChI is InChI=1S/C22H21NO4S/c1-3-4-15-7-11-17(12-8-15)27-22-18(13-19(28-22)21(25)26)23-20(24)16-9-5-14(2)6-10-16/h5-13H,3-4H2,1-2H3,(H,23,24)(H,25,26). The lowest BCUT2D eigenvalue weighted by molar-refractivity contribution is 0.0701. The number of rotatable bonds is 7. The molecule has 0 saturated heterocycles. The predicted octanol–water partition coefficient (Wildman–Crippen LogP) is 5.75. The Morgan fingerprint density at radius 3 is 2.36 bits per heavy atom. The average Bonchev–Trinajstić information content (AvgIpc) is 3.07. The zero-order valence-corrected chi connectivity index (χ0v) is 16.5. The second-order valence-electron chi connectivity index (χ2n) is 6.43. The summed E-state index contributed by atoms with van der Waals surface area (Å²) in [6, 6.07) is 16.2. The Labute approximate surface area is 167 Å². The fraction of sp³-hybridized carbons (Fsp3) is 0.182. The van der Waals surface area contributed by atoms with E-state index in [4.69, 9.17) is 4.74 Å². The van der Waals surface area contributed by atoms with Crippen LogP contribution in [-0.2, 0) is 6.42 Å². The van der Waals surface area contributed by atoms with Crippen LogP contribution in [-0.4, -0.2) is 17.0 Å². The van der Waals surface area contributed by atoms with Crippen LogP contribution in [0.4, 0.5) is 5.69 Å². The number of carbonyl (C=O) groups excluding carboxylic acids is 1. The monoisotopic (exact) mass is 395 g/mol. The first-order valence-electron chi connectivity index (χ1n) is 8.98. The molecule has 144 valence electrons. The van der Waals surface area contributed by atoms with Crippen molar-refractivity contribution in [1.29, 1.82) is 0 Å². The largest absolute Gasteiger partial charge is 0.477 e. The topological polar surface area (TPSA) is 75.6 Å². The molecule has 0 fully saturated rings. The molecular formula is C22H21NO4S. The highest BCUT2D eigenvalue weighted by Crippen LogP contribution is 2.39. The van der Waals surface area contributed by atoms with Gasteiger partial charge in [-0.2, -0.15) is 0 Å². The zero-order valence-electron chi connectivity index (χ0n) is 15.7. The molecule has 0 unspecified atom stereocenters. The molecule has 2 aromatic carbocycles. The minimum absolute atomic E-state index is 0.0943. The van der Waals surface area contributed by atoms with Gasteiger partial charge in [-0.1, -0.05) is 54.5 Å². The van der Waals surface area contributed by atoms with Gasteiger partial charge in [-0.3, -0.25) is 4.79 Å². The zero-order chi connectivity index (χ0) is 20.1. The molecule has 0 atom stereocenters. The SMILES string of the molecule is CCCc1ccc(Oc2sc(C(=O)O)cc2NC(=O)c2ccc(C)cc2)cc1. The van der Waals surface area contributed by atoms with Gasteiger partial charge in [-0.15, -0.1) is 0 Å². The van der Waals surface area contributed by atoms with Crippen LogP contribution in [0.2, 0.25) is 0 Å². The number of benzene rings is 2. The van der Waals surface area contributed by atoms with Gasteiger partial charge in [0.15, 0.2) is 0 Å². The molecule has 2 N–H and O–H groups in total. The van der Waals surface area contributed by atoms with Gasteiger partial charge in [0.25, 0.3) is 5.91 Å². The number of carboxylic acids is 1. The lowest BCUT2D eigenvalue weighted by Crippen LogP contribution is -2.11. The molecular weight excluding hydrogens is 374 g/mol. The smallest absolute Gasteiger partial charge is 0.346 e. The van der Waals surface area contributed by atoms with Crippen molar-refractivity contribution in [2.75, 3.05) is 5.32 Å². The second kappa shape index (κ2) is 8.71. The first-order chi connectivity index (χ1) is 13.5. The number of amides is 1. The summed E-state index contributed by atoms with van der Waals surface area (Å²) >= 11 is 0.980. The summed E-state index contributed by atoms with van der Waals surface area (Å²) in [4.78, 5) is 24.0. The van der Waals surface area contributed by atoms with Crippen LogP contribution < -0.4 is 10.1 Å². The Hall–Kier alpha value is -3.12. The van der Waals surface area contributed by atoms with E-state index in [1.807, 2.05) is 43.3 Å². The summed E-state index contributed by atoms with van der Waals surface area (Å²) in [5.74, 6) is -0.800. The van der Waals surface area contributed by atoms with E-state index in [-0.39, 0.29) is 10.8 Å². The van der Waals surface area contributed by atoms with Crippen LogP contribution in [0.15, 0.2) is 54.6 Å². The predicted molar refractivity (Wildman–Crippen MR) is 111 cm³/mol. The molecule has 0 aliphatic heterocycles. The fourth-order valence-electron chi connectivity index (χ4n) is 2.66. The summed E-state index contributed by atoms with van der Waals surface area (Å²) in [6.45, 7) is 4.06. The molecule has 28 heavy (non-hydrogen) atoms. The van der Waals surface area contributed by atoms with E-state index < -0.39 is 5.97 Å². The Bertz CT molecular complexity index is 975. The number of aromatic carboxylic acids is 1. The maximum Gasteiger partial charge on any atom is 0.346 e. The number of nitrogens with one attached hydrogen (secondary N) is 1. The highest BCUT2D eigenvalue weighted by Gasteiger charge is 2.18. The van der Waals surface area contributed by atoms with E-state index in [0.29, 0.717) is 22.1 Å². The summed E-state index contributed by atoms with van der Waals surface area (Å²) in [5, 5.41) is 12.4. The quantitative estimate of drug-likeness (QED) is 0.534. The average molecular weight is 395 g/mol. The lowest BCUT2D eigenvalue weighted by atomic mass is 10.1. The van der Waals surface area contributed by atoms with Gasteiger partial charge < -0.3 is 15.2 Å². The van der Waals surface area contributed by atoms with Crippen LogP contribution >= 0.6 is 11.3 Å². The van der Waals surface area contributed by atoms with E-state index in [9.17, 15) is 14.7 Å². The summed E-state index contributed by atoms with van der Waals surface area (Å²) in [5.41, 5.74) is 3.09. The van der Waals surface area contributed by atoms with Gasteiger partial charge in [-0.25, -0.2) is 4.79 Å². The Morgan fingerprint density at radius 1 is 1.07 bits per heavy atom. The second-order valence-corrected chi connectivity index (χ2v) is 7.45. The fourth-order valence-corrected chi connectivity index (χ4v) is 3.48. The Morgan fingerprint density at radius 2 is 1.75 bits per heavy atom. The third kappa shape index (κ3) is 4.78. The number of hydrogen-bond acceptors (Lipinski definition) is 4. The summed E-state index contributed by atoms with van der Waals surface area (Å²) in [7, 11) is 0. The maximum atomic E-state index is 12.5. The number of thiophene rings is 1. The van der Waals surface area contributed by atoms with Crippen molar-refractivity contribution in [3.63, 3.8) is 0 Å². The molecule has 3 rings (SSSR count). The van der Waals surface area contributed by atoms with Gasteiger partial charge >= 0.3 is 5.97 Å². The normalized spacial score (nSPS) is 10.5. The number of anilines is 1. The highest BCUT2D eigenvalue weighted by molar-refractivity contribution is 7.16. The van der Waals surface area contributed by atoms with Crippen molar-refractivity contribution >= 4 is 28.9 Å². The molecule has 1 aromatic heterocycles. The molecule has 3 aromatic rings. The van der Waals surface area contributed by atoms with Crippen molar-refractivity contribution in [3.05, 3.63) is 76.2 Å². The van der Waals surface area contributed by atoms with Crippen molar-refractivity contribution in [1.82, 2.24) is 0 Å². The van der Waals surface area contributed by atoms with Crippen molar-refractivity contribution in [3.8, 4) is 10.8 Å². The third-order valence-corrected chi connectivity index (χ3v) is 5.14. The summed E-state index contributed by atoms with van der Waals surface area (Å²) in [6.07, 6.45) is 2.04. The van der Waals surface area contributed by atoms with Crippen molar-refractivity contribution in [2.45, 2.75) is 26.7 Å². The van der Waals surface area contributed by atoms with Gasteiger partial charge in [0, 0.05) is 5.56 Å². The third-order valence-electron chi connectivity index (χ3n) is 4.14. The molecule has 0 saturated carbocycles. The van der Waals surface area contributed by atoms with E-state index >= 15 is 0 Å². The Kier molecular flexibility index (Phi) is 6.11. The highest BCUT2D eigenvalue weighted by atomic mass is 32.1. The van der Waals surface area contributed by atoms with E-state index in [0.717, 1.165) is 29.7 Å². The van der Waals surface area contributed by atoms with Crippen LogP contribution in [0.1, 0.15) is 44.5 Å². The minimum atomic E-state index is -1.07. The molecule has 0 spiro atoms. The molecule has 0 aliphatic carbocycles. The van der Waals surface area contributed by atoms with Crippen LogP contribution in [0.5, 0.6) is 10.8 Å². The molecule has 1 amide bonds. The van der Waals surface area contributed by atoms with E-state index in [2.05, 4.69) is 12.2 Å². The molecule has 5 nitrogen and oxygen atoms in total. The van der Waals surface area contributed by atoms with E-state index in [1.54, 1.807) is 12.1 Å². The first kappa shape index (κ1) is 19.6. The number of ether oxygens (including phenoxy) is 1. The van der Waals surface area contributed by atoms with Crippen molar-refractivity contribution < 1.29 is 19.4 Å². The molecule has 0 radical (unpaired) electrons. The van der Waals surface area contributed by atoms with E-state index in [1.165, 1.54) is 11.6 Å². The Balaban J connectivity index is 1.83. The minimum Gasteiger partial charge on any atom is -0.477 e. The first-order valence-corrected chi connectivity index (χ1v) is 9.80. The molecule has 0 bridgehead atoms. The number of carboxylic acid groups (broad SMARTS) is 1. The van der Waals surface area contributed by atoms with Crippen LogP contribution in [0, 0.1) is 6.92 Å². The van der Waals surface area contributed by atoms with Gasteiger partial charge in [0.2, 0.25) is 5.06 Å². The number of hydrogen-bond donors (Lipinski definition) is 2. The maximum absolute atomic E-state index is 12.5. The molecule has 6 heteroatoms. The number of aryl methyl sites for hydroxylation is 2. The van der Waals surface area contributed by atoms with Crippen LogP contribution in [0.25, 0.3) is 0 Å². The summed E-state index contributed by atoms with van der Waals surface area (Å²) < 4.78 is 5.87. The van der Waals surface area contributed by atoms with Crippen molar-refractivity contribution in [2.24, 2.45) is 0 Å².